The summed E-state index contributed by atoms with van der Waals surface area (Å²) in [4.78, 5) is 21.6. The van der Waals surface area contributed by atoms with Gasteiger partial charge in [0.1, 0.15) is 0 Å². The number of nitrogens with zero attached hydrogens (tertiary/aromatic N) is 2. The van der Waals surface area contributed by atoms with Gasteiger partial charge in [-0.15, -0.1) is 5.10 Å². The van der Waals surface area contributed by atoms with Gasteiger partial charge >= 0.3 is 5.82 Å². The number of nitrogens with one attached hydrogen (secondary N) is 2. The van der Waals surface area contributed by atoms with Gasteiger partial charge in [0.05, 0.1) is 0 Å². The number of carbonyl (C=O) groups is 1. The van der Waals surface area contributed by atoms with Crippen molar-refractivity contribution in [1.82, 2.24) is 15.5 Å². The van der Waals surface area contributed by atoms with Gasteiger partial charge < -0.3 is 15.4 Å². The summed E-state index contributed by atoms with van der Waals surface area (Å²) in [6.45, 7) is 0. The summed E-state index contributed by atoms with van der Waals surface area (Å²) < 4.78 is 0. The van der Waals surface area contributed by atoms with Crippen molar-refractivity contribution in [3.05, 3.63) is 20.8 Å². The quantitative estimate of drug-likeness (QED) is 0.636. The highest BCUT2D eigenvalue weighted by atomic mass is 35.5. The number of aromatic nitrogens is 2. The topological polar surface area (TPSA) is 101 Å². The van der Waals surface area contributed by atoms with E-state index in [9.17, 15) is 14.9 Å². The van der Waals surface area contributed by atoms with Gasteiger partial charge in [-0.1, -0.05) is 29.5 Å². The standard InChI is InChI=1S/C9H11ClN4O3/c10-6-7(12-13-8(6)14(16)17)9(15)11-5-3-1-2-4-5/h5H,1-4H2,(H,11,15)(H,12,13). The molecule has 0 radical (unpaired) electrons. The van der Waals surface area contributed by atoms with Crippen LogP contribution in [-0.4, -0.2) is 27.1 Å². The number of aromatic amines is 1. The number of carbonyl (C=O) groups excluding carboxylic acids is 1. The van der Waals surface area contributed by atoms with Crippen LogP contribution in [0.4, 0.5) is 5.82 Å². The summed E-state index contributed by atoms with van der Waals surface area (Å²) >= 11 is 5.70. The van der Waals surface area contributed by atoms with E-state index in [0.717, 1.165) is 25.7 Å². The fraction of sp³-hybridized carbons (Fsp3) is 0.556. The molecule has 8 heteroatoms. The molecule has 0 spiro atoms. The minimum Gasteiger partial charge on any atom is -0.358 e. The zero-order valence-corrected chi connectivity index (χ0v) is 9.66. The van der Waals surface area contributed by atoms with Crippen LogP contribution in [0.1, 0.15) is 36.2 Å². The molecule has 1 aromatic heterocycles. The first-order valence-corrected chi connectivity index (χ1v) is 5.66. The average molecular weight is 259 g/mol. The van der Waals surface area contributed by atoms with Crippen LogP contribution in [0.2, 0.25) is 5.02 Å². The van der Waals surface area contributed by atoms with Crippen molar-refractivity contribution in [2.45, 2.75) is 31.7 Å². The lowest BCUT2D eigenvalue weighted by Gasteiger charge is -2.09. The van der Waals surface area contributed by atoms with E-state index in [-0.39, 0.29) is 16.8 Å². The summed E-state index contributed by atoms with van der Waals surface area (Å²) in [7, 11) is 0. The second-order valence-corrected chi connectivity index (χ2v) is 4.32. The Morgan fingerprint density at radius 3 is 2.71 bits per heavy atom. The van der Waals surface area contributed by atoms with Gasteiger partial charge in [0.15, 0.2) is 10.7 Å². The number of hydrogen-bond donors (Lipinski definition) is 2. The van der Waals surface area contributed by atoms with Crippen LogP contribution < -0.4 is 5.32 Å². The monoisotopic (exact) mass is 258 g/mol. The first kappa shape index (κ1) is 11.8. The number of rotatable bonds is 3. The Bertz CT molecular complexity index is 453. The molecule has 0 bridgehead atoms. The molecule has 1 amide bonds. The zero-order valence-electron chi connectivity index (χ0n) is 8.90. The van der Waals surface area contributed by atoms with E-state index in [4.69, 9.17) is 11.6 Å². The Hall–Kier alpha value is -1.63. The van der Waals surface area contributed by atoms with E-state index in [1.54, 1.807) is 0 Å². The highest BCUT2D eigenvalue weighted by Crippen LogP contribution is 2.25. The normalized spacial score (nSPS) is 16.1. The molecule has 2 N–H and O–H groups in total. The van der Waals surface area contributed by atoms with Crippen molar-refractivity contribution in [1.29, 1.82) is 0 Å². The van der Waals surface area contributed by atoms with Gasteiger partial charge in [-0.25, -0.2) is 0 Å². The maximum atomic E-state index is 11.8. The number of hydrogen-bond acceptors (Lipinski definition) is 4. The van der Waals surface area contributed by atoms with Crippen LogP contribution in [0.5, 0.6) is 0 Å². The van der Waals surface area contributed by atoms with Crippen LogP contribution in [0.3, 0.4) is 0 Å². The smallest absolute Gasteiger partial charge is 0.358 e. The van der Waals surface area contributed by atoms with Crippen LogP contribution in [0, 0.1) is 10.1 Å². The predicted octanol–water partition coefficient (Wildman–Crippen LogP) is 1.64. The maximum Gasteiger partial charge on any atom is 0.362 e. The van der Waals surface area contributed by atoms with E-state index >= 15 is 0 Å². The largest absolute Gasteiger partial charge is 0.362 e. The number of halogens is 1. The van der Waals surface area contributed by atoms with Gasteiger partial charge in [0, 0.05) is 6.04 Å². The molecule has 17 heavy (non-hydrogen) atoms. The molecule has 1 aliphatic rings. The van der Waals surface area contributed by atoms with Crippen LogP contribution in [0.25, 0.3) is 0 Å². The Balaban J connectivity index is 2.11. The fourth-order valence-electron chi connectivity index (χ4n) is 1.91. The zero-order chi connectivity index (χ0) is 12.4. The van der Waals surface area contributed by atoms with E-state index in [1.165, 1.54) is 0 Å². The fourth-order valence-corrected chi connectivity index (χ4v) is 2.15. The molecule has 7 nitrogen and oxygen atoms in total. The van der Waals surface area contributed by atoms with Crippen LogP contribution in [-0.2, 0) is 0 Å². The first-order valence-electron chi connectivity index (χ1n) is 5.28. The van der Waals surface area contributed by atoms with E-state index in [1.807, 2.05) is 0 Å². The van der Waals surface area contributed by atoms with E-state index < -0.39 is 16.6 Å². The summed E-state index contributed by atoms with van der Waals surface area (Å²) in [5, 5.41) is 18.7. The SMILES string of the molecule is O=C(NC1CCCC1)c1n[nH]c([N+](=O)[O-])c1Cl. The van der Waals surface area contributed by atoms with Crippen molar-refractivity contribution < 1.29 is 9.72 Å². The highest BCUT2D eigenvalue weighted by Gasteiger charge is 2.27. The molecule has 0 unspecified atom stereocenters. The van der Waals surface area contributed by atoms with Crippen molar-refractivity contribution in [2.24, 2.45) is 0 Å². The molecule has 1 aliphatic carbocycles. The number of H-pyrrole nitrogens is 1. The van der Waals surface area contributed by atoms with Crippen molar-refractivity contribution in [3.8, 4) is 0 Å². The minimum absolute atomic E-state index is 0.120. The molecule has 1 aromatic rings. The lowest BCUT2D eigenvalue weighted by atomic mass is 10.2. The second-order valence-electron chi connectivity index (χ2n) is 3.95. The van der Waals surface area contributed by atoms with E-state index in [0.29, 0.717) is 0 Å². The molecular formula is C9H11ClN4O3. The molecule has 92 valence electrons. The Labute approximate surface area is 102 Å². The molecule has 1 heterocycles. The van der Waals surface area contributed by atoms with E-state index in [2.05, 4.69) is 15.5 Å². The first-order chi connectivity index (χ1) is 8.09. The lowest BCUT2D eigenvalue weighted by molar-refractivity contribution is -0.389. The Kier molecular flexibility index (Phi) is 3.28. The molecule has 0 aromatic carbocycles. The average Bonchev–Trinajstić information content (AvgIpc) is 2.86. The predicted molar refractivity (Wildman–Crippen MR) is 60.0 cm³/mol. The van der Waals surface area contributed by atoms with Gasteiger partial charge in [-0.05, 0) is 17.8 Å². The minimum atomic E-state index is -0.707. The molecule has 0 aliphatic heterocycles. The van der Waals surface area contributed by atoms with Crippen LogP contribution >= 0.6 is 11.6 Å². The number of amides is 1. The highest BCUT2D eigenvalue weighted by molar-refractivity contribution is 6.35. The van der Waals surface area contributed by atoms with Gasteiger partial charge in [-0.3, -0.25) is 4.79 Å². The molecule has 0 atom stereocenters. The molecule has 1 fully saturated rings. The third-order valence-electron chi connectivity index (χ3n) is 2.78. The summed E-state index contributed by atoms with van der Waals surface area (Å²) in [5.74, 6) is -0.922. The van der Waals surface area contributed by atoms with Crippen molar-refractivity contribution in [2.75, 3.05) is 0 Å². The molecular weight excluding hydrogens is 248 g/mol. The molecule has 0 saturated heterocycles. The van der Waals surface area contributed by atoms with Gasteiger partial charge in [0.25, 0.3) is 5.91 Å². The number of nitro groups is 1. The van der Waals surface area contributed by atoms with Gasteiger partial charge in [0.2, 0.25) is 0 Å². The Morgan fingerprint density at radius 1 is 1.53 bits per heavy atom. The van der Waals surface area contributed by atoms with Crippen molar-refractivity contribution >= 4 is 23.3 Å². The summed E-state index contributed by atoms with van der Waals surface area (Å²) in [6.07, 6.45) is 4.02. The maximum absolute atomic E-state index is 11.8. The molecule has 2 rings (SSSR count). The van der Waals surface area contributed by atoms with Crippen molar-refractivity contribution in [3.63, 3.8) is 0 Å². The summed E-state index contributed by atoms with van der Waals surface area (Å²) in [5.41, 5.74) is -0.120. The molecule has 1 saturated carbocycles. The van der Waals surface area contributed by atoms with Crippen LogP contribution in [0.15, 0.2) is 0 Å². The van der Waals surface area contributed by atoms with Gasteiger partial charge in [-0.2, -0.15) is 0 Å². The lowest BCUT2D eigenvalue weighted by Crippen LogP contribution is -2.32. The third-order valence-corrected chi connectivity index (χ3v) is 3.14. The second kappa shape index (κ2) is 4.70. The Morgan fingerprint density at radius 2 is 2.18 bits per heavy atom. The summed E-state index contributed by atoms with van der Waals surface area (Å²) in [6, 6.07) is 0.120. The third kappa shape index (κ3) is 2.38.